The molecule has 7 heteroatoms. The number of carbonyl (C=O) groups excluding carboxylic acids is 1. The molecule has 1 amide bonds. The predicted octanol–water partition coefficient (Wildman–Crippen LogP) is 5.02. The van der Waals surface area contributed by atoms with Crippen LogP contribution < -0.4 is 10.2 Å². The zero-order valence-corrected chi connectivity index (χ0v) is 19.1. The fraction of sp³-hybridized carbons (Fsp3) is 0.280. The van der Waals surface area contributed by atoms with Gasteiger partial charge in [-0.1, -0.05) is 17.7 Å². The molecule has 0 radical (unpaired) electrons. The minimum absolute atomic E-state index is 0.0739. The number of benzene rings is 1. The molecule has 0 bridgehead atoms. The molecular weight excluding hydrogens is 418 g/mol. The van der Waals surface area contributed by atoms with Crippen molar-refractivity contribution in [1.82, 2.24) is 15.0 Å². The third kappa shape index (κ3) is 4.08. The van der Waals surface area contributed by atoms with Crippen molar-refractivity contribution in [3.05, 3.63) is 64.8 Å². The Hall–Kier alpha value is -3.32. The predicted molar refractivity (Wildman–Crippen MR) is 130 cm³/mol. The van der Waals surface area contributed by atoms with E-state index in [0.29, 0.717) is 5.82 Å². The van der Waals surface area contributed by atoms with Crippen LogP contribution in [0.15, 0.2) is 48.8 Å². The SMILES string of the molecule is Cc1ccc(NC(=O)CN(C)c2nc(-c3cccnc3)nc3sc4c(c23)CCCC4)cc1. The summed E-state index contributed by atoms with van der Waals surface area (Å²) >= 11 is 1.76. The molecule has 0 fully saturated rings. The van der Waals surface area contributed by atoms with Crippen LogP contribution in [0.3, 0.4) is 0 Å². The molecule has 1 aliphatic carbocycles. The Morgan fingerprint density at radius 3 is 2.72 bits per heavy atom. The monoisotopic (exact) mass is 443 g/mol. The van der Waals surface area contributed by atoms with Gasteiger partial charge in [0.25, 0.3) is 0 Å². The third-order valence-electron chi connectivity index (χ3n) is 5.79. The van der Waals surface area contributed by atoms with E-state index in [4.69, 9.17) is 9.97 Å². The number of likely N-dealkylation sites (N-methyl/N-ethyl adjacent to an activating group) is 1. The number of fused-ring (bicyclic) bond motifs is 3. The molecule has 3 heterocycles. The highest BCUT2D eigenvalue weighted by atomic mass is 32.1. The third-order valence-corrected chi connectivity index (χ3v) is 6.98. The number of aryl methyl sites for hydroxylation is 3. The topological polar surface area (TPSA) is 71.0 Å². The maximum atomic E-state index is 12.8. The van der Waals surface area contributed by atoms with Crippen molar-refractivity contribution in [3.8, 4) is 11.4 Å². The number of hydrogen-bond acceptors (Lipinski definition) is 6. The minimum Gasteiger partial charge on any atom is -0.350 e. The Kier molecular flexibility index (Phi) is 5.57. The second kappa shape index (κ2) is 8.67. The number of anilines is 2. The summed E-state index contributed by atoms with van der Waals surface area (Å²) in [6, 6.07) is 11.7. The maximum absolute atomic E-state index is 12.8. The number of rotatable bonds is 5. The fourth-order valence-corrected chi connectivity index (χ4v) is 5.42. The van der Waals surface area contributed by atoms with Crippen LogP contribution in [0.5, 0.6) is 0 Å². The number of pyridine rings is 1. The van der Waals surface area contributed by atoms with Crippen molar-refractivity contribution >= 4 is 39.0 Å². The molecule has 4 aromatic rings. The summed E-state index contributed by atoms with van der Waals surface area (Å²) in [7, 11) is 1.93. The van der Waals surface area contributed by atoms with Gasteiger partial charge in [-0.25, -0.2) is 9.97 Å². The van der Waals surface area contributed by atoms with Gasteiger partial charge in [-0.2, -0.15) is 0 Å². The molecule has 0 spiro atoms. The quantitative estimate of drug-likeness (QED) is 0.469. The molecule has 0 saturated heterocycles. The molecule has 1 aromatic carbocycles. The Labute approximate surface area is 191 Å². The molecule has 6 nitrogen and oxygen atoms in total. The fourth-order valence-electron chi connectivity index (χ4n) is 4.17. The molecule has 0 saturated carbocycles. The van der Waals surface area contributed by atoms with Gasteiger partial charge in [0, 0.05) is 35.6 Å². The van der Waals surface area contributed by atoms with Crippen molar-refractivity contribution < 1.29 is 4.79 Å². The molecule has 1 aliphatic rings. The van der Waals surface area contributed by atoms with Gasteiger partial charge >= 0.3 is 0 Å². The Balaban J connectivity index is 1.51. The molecule has 0 aliphatic heterocycles. The number of nitrogens with one attached hydrogen (secondary N) is 1. The van der Waals surface area contributed by atoms with E-state index in [-0.39, 0.29) is 12.5 Å². The van der Waals surface area contributed by atoms with Crippen molar-refractivity contribution in [1.29, 1.82) is 0 Å². The van der Waals surface area contributed by atoms with E-state index in [1.165, 1.54) is 23.3 Å². The molecule has 5 rings (SSSR count). The van der Waals surface area contributed by atoms with Crippen LogP contribution in [0.4, 0.5) is 11.5 Å². The van der Waals surface area contributed by atoms with Gasteiger partial charge in [-0.15, -0.1) is 11.3 Å². The Bertz CT molecular complexity index is 1270. The normalized spacial score (nSPS) is 13.1. The van der Waals surface area contributed by atoms with Crippen LogP contribution in [0, 0.1) is 6.92 Å². The van der Waals surface area contributed by atoms with Gasteiger partial charge in [0.15, 0.2) is 5.82 Å². The number of amides is 1. The van der Waals surface area contributed by atoms with Crippen LogP contribution in [0.2, 0.25) is 0 Å². The summed E-state index contributed by atoms with van der Waals surface area (Å²) in [5.74, 6) is 1.38. The van der Waals surface area contributed by atoms with Crippen LogP contribution >= 0.6 is 11.3 Å². The number of hydrogen-bond donors (Lipinski definition) is 1. The van der Waals surface area contributed by atoms with Gasteiger partial charge in [-0.05, 0) is 62.4 Å². The molecule has 3 aromatic heterocycles. The highest BCUT2D eigenvalue weighted by Gasteiger charge is 2.24. The zero-order valence-electron chi connectivity index (χ0n) is 18.3. The lowest BCUT2D eigenvalue weighted by atomic mass is 9.97. The van der Waals surface area contributed by atoms with Gasteiger partial charge in [0.2, 0.25) is 5.91 Å². The largest absolute Gasteiger partial charge is 0.350 e. The van der Waals surface area contributed by atoms with Crippen LogP contribution in [-0.4, -0.2) is 34.5 Å². The lowest BCUT2D eigenvalue weighted by molar-refractivity contribution is -0.114. The first-order chi connectivity index (χ1) is 15.6. The summed E-state index contributed by atoms with van der Waals surface area (Å²) in [5, 5.41) is 4.09. The smallest absolute Gasteiger partial charge is 0.243 e. The first-order valence-electron chi connectivity index (χ1n) is 10.9. The summed E-state index contributed by atoms with van der Waals surface area (Å²) in [5.41, 5.74) is 4.19. The van der Waals surface area contributed by atoms with Crippen molar-refractivity contribution in [2.24, 2.45) is 0 Å². The van der Waals surface area contributed by atoms with E-state index in [0.717, 1.165) is 45.7 Å². The van der Waals surface area contributed by atoms with Gasteiger partial charge < -0.3 is 10.2 Å². The highest BCUT2D eigenvalue weighted by molar-refractivity contribution is 7.19. The van der Waals surface area contributed by atoms with Gasteiger partial charge in [-0.3, -0.25) is 9.78 Å². The molecule has 1 N–H and O–H groups in total. The second-order valence-electron chi connectivity index (χ2n) is 8.27. The van der Waals surface area contributed by atoms with E-state index in [1.54, 1.807) is 23.7 Å². The second-order valence-corrected chi connectivity index (χ2v) is 9.36. The maximum Gasteiger partial charge on any atom is 0.243 e. The van der Waals surface area contributed by atoms with Gasteiger partial charge in [0.05, 0.1) is 11.9 Å². The Morgan fingerprint density at radius 1 is 1.12 bits per heavy atom. The molecule has 0 atom stereocenters. The van der Waals surface area contributed by atoms with Crippen molar-refractivity contribution in [2.75, 3.05) is 23.8 Å². The average Bonchev–Trinajstić information content (AvgIpc) is 3.19. The molecular formula is C25H25N5OS. The lowest BCUT2D eigenvalue weighted by Gasteiger charge is -2.21. The highest BCUT2D eigenvalue weighted by Crippen LogP contribution is 2.40. The summed E-state index contributed by atoms with van der Waals surface area (Å²) < 4.78 is 0. The molecule has 0 unspecified atom stereocenters. The van der Waals surface area contributed by atoms with Crippen molar-refractivity contribution in [2.45, 2.75) is 32.6 Å². The van der Waals surface area contributed by atoms with E-state index >= 15 is 0 Å². The van der Waals surface area contributed by atoms with Crippen LogP contribution in [0.25, 0.3) is 21.6 Å². The van der Waals surface area contributed by atoms with Gasteiger partial charge in [0.1, 0.15) is 10.6 Å². The average molecular weight is 444 g/mol. The summed E-state index contributed by atoms with van der Waals surface area (Å²) in [6.07, 6.45) is 8.06. The number of carbonyl (C=O) groups is 1. The van der Waals surface area contributed by atoms with E-state index in [9.17, 15) is 4.79 Å². The van der Waals surface area contributed by atoms with Crippen LogP contribution in [-0.2, 0) is 17.6 Å². The number of aromatic nitrogens is 3. The van der Waals surface area contributed by atoms with Crippen LogP contribution in [0.1, 0.15) is 28.8 Å². The minimum atomic E-state index is -0.0739. The number of nitrogens with zero attached hydrogens (tertiary/aromatic N) is 4. The summed E-state index contributed by atoms with van der Waals surface area (Å²) in [4.78, 5) is 31.2. The number of thiophene rings is 1. The Morgan fingerprint density at radius 2 is 1.94 bits per heavy atom. The molecule has 162 valence electrons. The first kappa shape index (κ1) is 20.6. The standard InChI is InChI=1S/C25H25N5OS/c1-16-9-11-18(12-10-16)27-21(31)15-30(2)24-22-19-7-3-4-8-20(19)32-25(22)29-23(28-24)17-6-5-13-26-14-17/h5-6,9-14H,3-4,7-8,15H2,1-2H3,(H,27,31). The molecule has 32 heavy (non-hydrogen) atoms. The van der Waals surface area contributed by atoms with E-state index in [1.807, 2.05) is 55.3 Å². The van der Waals surface area contributed by atoms with E-state index in [2.05, 4.69) is 10.3 Å². The first-order valence-corrected chi connectivity index (χ1v) is 11.7. The lowest BCUT2D eigenvalue weighted by Crippen LogP contribution is -2.31. The summed E-state index contributed by atoms with van der Waals surface area (Å²) in [6.45, 7) is 2.23. The van der Waals surface area contributed by atoms with Crippen molar-refractivity contribution in [3.63, 3.8) is 0 Å². The zero-order chi connectivity index (χ0) is 22.1. The van der Waals surface area contributed by atoms with E-state index < -0.39 is 0 Å².